The van der Waals surface area contributed by atoms with Crippen LogP contribution >= 0.6 is 0 Å². The van der Waals surface area contributed by atoms with Gasteiger partial charge in [-0.3, -0.25) is 4.79 Å². The zero-order valence-electron chi connectivity index (χ0n) is 6.55. The zero-order valence-corrected chi connectivity index (χ0v) is 6.55. The largest absolute Gasteiger partial charge is 0.480 e. The van der Waals surface area contributed by atoms with Crippen LogP contribution in [0.5, 0.6) is 0 Å². The standard InChI is InChI=1S/C7H15NO2/c1-3-5-6(7(9)10)8-4-2/h6,8H,3-5H2,1-2H3,(H,9,10). The molecule has 0 aromatic rings. The third kappa shape index (κ3) is 3.45. The summed E-state index contributed by atoms with van der Waals surface area (Å²) in [6.07, 6.45) is 1.62. The molecule has 0 radical (unpaired) electrons. The fourth-order valence-corrected chi connectivity index (χ4v) is 0.848. The number of likely N-dealkylation sites (N-methyl/N-ethyl adjacent to an activating group) is 1. The van der Waals surface area contributed by atoms with E-state index in [1.807, 2.05) is 13.8 Å². The fourth-order valence-electron chi connectivity index (χ4n) is 0.848. The van der Waals surface area contributed by atoms with E-state index in [1.54, 1.807) is 0 Å². The maximum Gasteiger partial charge on any atom is 0.320 e. The number of carbonyl (C=O) groups is 1. The Labute approximate surface area is 61.4 Å². The van der Waals surface area contributed by atoms with Gasteiger partial charge in [0.25, 0.3) is 0 Å². The summed E-state index contributed by atoms with van der Waals surface area (Å²) >= 11 is 0. The molecule has 0 saturated carbocycles. The summed E-state index contributed by atoms with van der Waals surface area (Å²) < 4.78 is 0. The molecule has 0 aromatic heterocycles. The molecule has 0 aliphatic heterocycles. The molecule has 0 aromatic carbocycles. The van der Waals surface area contributed by atoms with Crippen LogP contribution in [0.2, 0.25) is 0 Å². The van der Waals surface area contributed by atoms with Crippen molar-refractivity contribution in [3.8, 4) is 0 Å². The Bertz CT molecular complexity index is 97.8. The number of hydrogen-bond acceptors (Lipinski definition) is 2. The van der Waals surface area contributed by atoms with Gasteiger partial charge in [0.2, 0.25) is 0 Å². The Morgan fingerprint density at radius 3 is 2.50 bits per heavy atom. The Morgan fingerprint density at radius 1 is 1.60 bits per heavy atom. The molecular weight excluding hydrogens is 130 g/mol. The third-order valence-corrected chi connectivity index (χ3v) is 1.33. The molecule has 0 bridgehead atoms. The van der Waals surface area contributed by atoms with E-state index in [0.29, 0.717) is 6.42 Å². The molecule has 60 valence electrons. The summed E-state index contributed by atoms with van der Waals surface area (Å²) in [4.78, 5) is 10.4. The van der Waals surface area contributed by atoms with Gasteiger partial charge in [-0.15, -0.1) is 0 Å². The van der Waals surface area contributed by atoms with Crippen LogP contribution in [-0.2, 0) is 4.79 Å². The van der Waals surface area contributed by atoms with Gasteiger partial charge in [-0.2, -0.15) is 0 Å². The summed E-state index contributed by atoms with van der Waals surface area (Å²) in [6, 6.07) is -0.352. The minimum Gasteiger partial charge on any atom is -0.480 e. The van der Waals surface area contributed by atoms with Crippen LogP contribution < -0.4 is 5.32 Å². The first kappa shape index (κ1) is 9.43. The number of nitrogens with one attached hydrogen (secondary N) is 1. The molecule has 0 aliphatic carbocycles. The van der Waals surface area contributed by atoms with E-state index in [4.69, 9.17) is 5.11 Å². The van der Waals surface area contributed by atoms with Crippen molar-refractivity contribution >= 4 is 5.97 Å². The monoisotopic (exact) mass is 145 g/mol. The van der Waals surface area contributed by atoms with Crippen molar-refractivity contribution in [1.29, 1.82) is 0 Å². The van der Waals surface area contributed by atoms with Gasteiger partial charge < -0.3 is 10.4 Å². The van der Waals surface area contributed by atoms with Gasteiger partial charge in [-0.25, -0.2) is 0 Å². The van der Waals surface area contributed by atoms with Crippen molar-refractivity contribution in [3.05, 3.63) is 0 Å². The molecule has 1 unspecified atom stereocenters. The van der Waals surface area contributed by atoms with Crippen molar-refractivity contribution in [1.82, 2.24) is 5.32 Å². The molecule has 0 saturated heterocycles. The zero-order chi connectivity index (χ0) is 7.98. The molecule has 0 rings (SSSR count). The van der Waals surface area contributed by atoms with Gasteiger partial charge in [0, 0.05) is 0 Å². The van der Waals surface area contributed by atoms with Crippen molar-refractivity contribution in [3.63, 3.8) is 0 Å². The predicted octanol–water partition coefficient (Wildman–Crippen LogP) is 0.849. The number of carboxylic acids is 1. The highest BCUT2D eigenvalue weighted by Gasteiger charge is 2.13. The van der Waals surface area contributed by atoms with E-state index < -0.39 is 5.97 Å². The van der Waals surface area contributed by atoms with E-state index in [2.05, 4.69) is 5.32 Å². The van der Waals surface area contributed by atoms with Gasteiger partial charge in [-0.05, 0) is 13.0 Å². The molecule has 0 aliphatic rings. The summed E-state index contributed by atoms with van der Waals surface area (Å²) in [5.74, 6) is -0.747. The van der Waals surface area contributed by atoms with E-state index in [0.717, 1.165) is 13.0 Å². The van der Waals surface area contributed by atoms with E-state index in [1.165, 1.54) is 0 Å². The number of carboxylic acid groups (broad SMARTS) is 1. The Hall–Kier alpha value is -0.570. The first-order valence-corrected chi connectivity index (χ1v) is 3.68. The van der Waals surface area contributed by atoms with Crippen LogP contribution in [0.4, 0.5) is 0 Å². The van der Waals surface area contributed by atoms with Crippen LogP contribution in [0.15, 0.2) is 0 Å². The topological polar surface area (TPSA) is 49.3 Å². The highest BCUT2D eigenvalue weighted by Crippen LogP contribution is 1.95. The third-order valence-electron chi connectivity index (χ3n) is 1.33. The average Bonchev–Trinajstić information content (AvgIpc) is 1.87. The van der Waals surface area contributed by atoms with Crippen LogP contribution in [-0.4, -0.2) is 23.7 Å². The van der Waals surface area contributed by atoms with Crippen molar-refractivity contribution in [2.45, 2.75) is 32.7 Å². The number of aliphatic carboxylic acids is 1. The van der Waals surface area contributed by atoms with Crippen molar-refractivity contribution in [2.24, 2.45) is 0 Å². The lowest BCUT2D eigenvalue weighted by Gasteiger charge is -2.10. The molecule has 0 spiro atoms. The first-order valence-electron chi connectivity index (χ1n) is 3.68. The second kappa shape index (κ2) is 5.23. The maximum absolute atomic E-state index is 10.4. The lowest BCUT2D eigenvalue weighted by molar-refractivity contribution is -0.139. The fraction of sp³-hybridized carbons (Fsp3) is 0.857. The summed E-state index contributed by atoms with van der Waals surface area (Å²) in [6.45, 7) is 4.61. The van der Waals surface area contributed by atoms with Gasteiger partial charge in [-0.1, -0.05) is 20.3 Å². The SMILES string of the molecule is CCCC(NCC)C(=O)O. The second-order valence-electron chi connectivity index (χ2n) is 2.24. The van der Waals surface area contributed by atoms with Crippen molar-refractivity contribution < 1.29 is 9.90 Å². The highest BCUT2D eigenvalue weighted by molar-refractivity contribution is 5.73. The second-order valence-corrected chi connectivity index (χ2v) is 2.24. The number of rotatable bonds is 5. The Kier molecular flexibility index (Phi) is 4.94. The van der Waals surface area contributed by atoms with E-state index in [9.17, 15) is 4.79 Å². The quantitative estimate of drug-likeness (QED) is 0.603. The average molecular weight is 145 g/mol. The van der Waals surface area contributed by atoms with Crippen molar-refractivity contribution in [2.75, 3.05) is 6.54 Å². The van der Waals surface area contributed by atoms with Crippen LogP contribution in [0.25, 0.3) is 0 Å². The molecule has 0 fully saturated rings. The van der Waals surface area contributed by atoms with Crippen LogP contribution in [0, 0.1) is 0 Å². The molecule has 3 heteroatoms. The highest BCUT2D eigenvalue weighted by atomic mass is 16.4. The summed E-state index contributed by atoms with van der Waals surface area (Å²) in [5, 5.41) is 11.5. The van der Waals surface area contributed by atoms with Gasteiger partial charge >= 0.3 is 5.97 Å². The molecule has 2 N–H and O–H groups in total. The van der Waals surface area contributed by atoms with Crippen LogP contribution in [0.3, 0.4) is 0 Å². The molecule has 0 amide bonds. The van der Waals surface area contributed by atoms with Gasteiger partial charge in [0.05, 0.1) is 0 Å². The maximum atomic E-state index is 10.4. The minimum absolute atomic E-state index is 0.352. The lowest BCUT2D eigenvalue weighted by atomic mass is 10.2. The number of hydrogen-bond donors (Lipinski definition) is 2. The Balaban J connectivity index is 3.61. The molecule has 1 atom stereocenters. The molecule has 3 nitrogen and oxygen atoms in total. The van der Waals surface area contributed by atoms with Gasteiger partial charge in [0.15, 0.2) is 0 Å². The molecule has 0 heterocycles. The summed E-state index contributed by atoms with van der Waals surface area (Å²) in [7, 11) is 0. The normalized spacial score (nSPS) is 13.0. The molecule has 10 heavy (non-hydrogen) atoms. The van der Waals surface area contributed by atoms with E-state index >= 15 is 0 Å². The van der Waals surface area contributed by atoms with Crippen LogP contribution in [0.1, 0.15) is 26.7 Å². The lowest BCUT2D eigenvalue weighted by Crippen LogP contribution is -2.36. The minimum atomic E-state index is -0.747. The van der Waals surface area contributed by atoms with Gasteiger partial charge in [0.1, 0.15) is 6.04 Å². The first-order chi connectivity index (χ1) is 4.72. The Morgan fingerprint density at radius 2 is 2.20 bits per heavy atom. The van der Waals surface area contributed by atoms with E-state index in [-0.39, 0.29) is 6.04 Å². The predicted molar refractivity (Wildman–Crippen MR) is 40.0 cm³/mol. The molecular formula is C7H15NO2. The summed E-state index contributed by atoms with van der Waals surface area (Å²) in [5.41, 5.74) is 0. The smallest absolute Gasteiger partial charge is 0.320 e.